The Balaban J connectivity index is 2.08. The lowest BCUT2D eigenvalue weighted by Crippen LogP contribution is -2.01. The number of anilines is 1. The van der Waals surface area contributed by atoms with E-state index in [1.54, 1.807) is 7.11 Å². The van der Waals surface area contributed by atoms with E-state index in [0.717, 1.165) is 17.8 Å². The van der Waals surface area contributed by atoms with Crippen molar-refractivity contribution in [1.82, 2.24) is 0 Å². The molecule has 19 heavy (non-hydrogen) atoms. The van der Waals surface area contributed by atoms with Crippen LogP contribution in [0.5, 0.6) is 5.75 Å². The SMILES string of the molecule is COc1ccc(CNc2ccc(I)cc2C)cc1Cl. The number of rotatable bonds is 4. The minimum Gasteiger partial charge on any atom is -0.495 e. The monoisotopic (exact) mass is 387 g/mol. The topological polar surface area (TPSA) is 21.3 Å². The van der Waals surface area contributed by atoms with Gasteiger partial charge in [-0.3, -0.25) is 0 Å². The van der Waals surface area contributed by atoms with E-state index >= 15 is 0 Å². The summed E-state index contributed by atoms with van der Waals surface area (Å²) in [5.41, 5.74) is 3.52. The van der Waals surface area contributed by atoms with Crippen LogP contribution < -0.4 is 10.1 Å². The summed E-state index contributed by atoms with van der Waals surface area (Å²) in [7, 11) is 1.62. The van der Waals surface area contributed by atoms with Crippen molar-refractivity contribution in [3.63, 3.8) is 0 Å². The lowest BCUT2D eigenvalue weighted by Gasteiger charge is -2.11. The molecular formula is C15H15ClINO. The van der Waals surface area contributed by atoms with Crippen molar-refractivity contribution in [3.05, 3.63) is 56.1 Å². The molecule has 0 radical (unpaired) electrons. The molecule has 0 spiro atoms. The van der Waals surface area contributed by atoms with E-state index in [-0.39, 0.29) is 0 Å². The third kappa shape index (κ3) is 3.76. The summed E-state index contributed by atoms with van der Waals surface area (Å²) in [6.45, 7) is 2.84. The Morgan fingerprint density at radius 1 is 1.21 bits per heavy atom. The number of hydrogen-bond donors (Lipinski definition) is 1. The molecule has 0 saturated carbocycles. The fourth-order valence-electron chi connectivity index (χ4n) is 1.84. The summed E-state index contributed by atoms with van der Waals surface area (Å²) >= 11 is 8.42. The Morgan fingerprint density at radius 3 is 2.63 bits per heavy atom. The maximum Gasteiger partial charge on any atom is 0.137 e. The minimum atomic E-state index is 0.640. The van der Waals surface area contributed by atoms with Crippen LogP contribution in [0.4, 0.5) is 5.69 Å². The van der Waals surface area contributed by atoms with Gasteiger partial charge in [0.1, 0.15) is 5.75 Å². The quantitative estimate of drug-likeness (QED) is 0.756. The summed E-state index contributed by atoms with van der Waals surface area (Å²) in [6, 6.07) is 12.2. The van der Waals surface area contributed by atoms with Crippen molar-refractivity contribution < 1.29 is 4.74 Å². The average molecular weight is 388 g/mol. The summed E-state index contributed by atoms with van der Waals surface area (Å²) in [5, 5.41) is 4.06. The van der Waals surface area contributed by atoms with Gasteiger partial charge in [-0.05, 0) is 71.0 Å². The molecule has 2 nitrogen and oxygen atoms in total. The molecule has 1 N–H and O–H groups in total. The lowest BCUT2D eigenvalue weighted by atomic mass is 10.1. The molecule has 2 aromatic carbocycles. The van der Waals surface area contributed by atoms with Gasteiger partial charge in [0.15, 0.2) is 0 Å². The first kappa shape index (κ1) is 14.5. The highest BCUT2D eigenvalue weighted by Crippen LogP contribution is 2.25. The first-order chi connectivity index (χ1) is 9.10. The second kappa shape index (κ2) is 6.48. The number of halogens is 2. The van der Waals surface area contributed by atoms with E-state index in [4.69, 9.17) is 16.3 Å². The molecule has 2 aromatic rings. The molecule has 0 unspecified atom stereocenters. The van der Waals surface area contributed by atoms with Gasteiger partial charge in [-0.25, -0.2) is 0 Å². The average Bonchev–Trinajstić information content (AvgIpc) is 2.38. The molecule has 0 aromatic heterocycles. The second-order valence-electron chi connectivity index (χ2n) is 4.28. The van der Waals surface area contributed by atoms with Crippen LogP contribution in [0, 0.1) is 10.5 Å². The molecular weight excluding hydrogens is 373 g/mol. The third-order valence-electron chi connectivity index (χ3n) is 2.89. The Bertz CT molecular complexity index is 586. The summed E-state index contributed by atoms with van der Waals surface area (Å²) in [4.78, 5) is 0. The van der Waals surface area contributed by atoms with Crippen molar-refractivity contribution >= 4 is 39.9 Å². The number of ether oxygens (including phenoxy) is 1. The van der Waals surface area contributed by atoms with Crippen LogP contribution in [0.2, 0.25) is 5.02 Å². The van der Waals surface area contributed by atoms with Gasteiger partial charge in [-0.2, -0.15) is 0 Å². The summed E-state index contributed by atoms with van der Waals surface area (Å²) in [5.74, 6) is 0.705. The molecule has 0 fully saturated rings. The van der Waals surface area contributed by atoms with E-state index in [1.165, 1.54) is 9.13 Å². The molecule has 0 heterocycles. The highest BCUT2D eigenvalue weighted by atomic mass is 127. The molecule has 0 atom stereocenters. The van der Waals surface area contributed by atoms with Crippen molar-refractivity contribution in [2.75, 3.05) is 12.4 Å². The highest BCUT2D eigenvalue weighted by Gasteiger charge is 2.03. The summed E-state index contributed by atoms with van der Waals surface area (Å²) in [6.07, 6.45) is 0. The Kier molecular flexibility index (Phi) is 4.93. The molecule has 0 aliphatic heterocycles. The van der Waals surface area contributed by atoms with Crippen molar-refractivity contribution in [2.45, 2.75) is 13.5 Å². The van der Waals surface area contributed by atoms with Gasteiger partial charge in [0, 0.05) is 15.8 Å². The number of benzene rings is 2. The van der Waals surface area contributed by atoms with Gasteiger partial charge in [0.25, 0.3) is 0 Å². The first-order valence-corrected chi connectivity index (χ1v) is 7.38. The normalized spacial score (nSPS) is 10.3. The standard InChI is InChI=1S/C15H15ClINO/c1-10-7-12(17)4-5-14(10)18-9-11-3-6-15(19-2)13(16)8-11/h3-8,18H,9H2,1-2H3. The Hall–Kier alpha value is -0.940. The summed E-state index contributed by atoms with van der Waals surface area (Å²) < 4.78 is 6.39. The largest absolute Gasteiger partial charge is 0.495 e. The number of aryl methyl sites for hydroxylation is 1. The fraction of sp³-hybridized carbons (Fsp3) is 0.200. The van der Waals surface area contributed by atoms with Gasteiger partial charge in [-0.15, -0.1) is 0 Å². The van der Waals surface area contributed by atoms with Crippen LogP contribution in [0.1, 0.15) is 11.1 Å². The molecule has 0 bridgehead atoms. The maximum atomic E-state index is 6.11. The Morgan fingerprint density at radius 2 is 2.00 bits per heavy atom. The number of methoxy groups -OCH3 is 1. The molecule has 0 aliphatic rings. The van der Waals surface area contributed by atoms with Crippen LogP contribution in [-0.2, 0) is 6.54 Å². The smallest absolute Gasteiger partial charge is 0.137 e. The van der Waals surface area contributed by atoms with E-state index in [1.807, 2.05) is 18.2 Å². The molecule has 100 valence electrons. The van der Waals surface area contributed by atoms with Gasteiger partial charge in [0.05, 0.1) is 12.1 Å². The fourth-order valence-corrected chi connectivity index (χ4v) is 2.77. The van der Waals surface area contributed by atoms with Gasteiger partial charge in [-0.1, -0.05) is 17.7 Å². The zero-order valence-corrected chi connectivity index (χ0v) is 13.7. The van der Waals surface area contributed by atoms with E-state index in [9.17, 15) is 0 Å². The predicted molar refractivity (Wildman–Crippen MR) is 89.2 cm³/mol. The maximum absolute atomic E-state index is 6.11. The van der Waals surface area contributed by atoms with Gasteiger partial charge in [0.2, 0.25) is 0 Å². The molecule has 2 rings (SSSR count). The highest BCUT2D eigenvalue weighted by molar-refractivity contribution is 14.1. The van der Waals surface area contributed by atoms with Gasteiger partial charge >= 0.3 is 0 Å². The van der Waals surface area contributed by atoms with Crippen LogP contribution in [0.15, 0.2) is 36.4 Å². The molecule has 0 saturated heterocycles. The van der Waals surface area contributed by atoms with Crippen LogP contribution in [-0.4, -0.2) is 7.11 Å². The zero-order chi connectivity index (χ0) is 13.8. The Labute approximate surface area is 132 Å². The van der Waals surface area contributed by atoms with Crippen LogP contribution in [0.3, 0.4) is 0 Å². The van der Waals surface area contributed by atoms with E-state index in [0.29, 0.717) is 10.8 Å². The van der Waals surface area contributed by atoms with Crippen molar-refractivity contribution in [3.8, 4) is 5.75 Å². The molecule has 0 aliphatic carbocycles. The first-order valence-electron chi connectivity index (χ1n) is 5.92. The molecule has 0 amide bonds. The lowest BCUT2D eigenvalue weighted by molar-refractivity contribution is 0.415. The van der Waals surface area contributed by atoms with Crippen LogP contribution in [0.25, 0.3) is 0 Å². The molecule has 4 heteroatoms. The van der Waals surface area contributed by atoms with Crippen molar-refractivity contribution in [1.29, 1.82) is 0 Å². The minimum absolute atomic E-state index is 0.640. The van der Waals surface area contributed by atoms with E-state index in [2.05, 4.69) is 53.0 Å². The third-order valence-corrected chi connectivity index (χ3v) is 3.85. The number of hydrogen-bond acceptors (Lipinski definition) is 2. The second-order valence-corrected chi connectivity index (χ2v) is 5.93. The van der Waals surface area contributed by atoms with Crippen molar-refractivity contribution in [2.24, 2.45) is 0 Å². The number of nitrogens with one attached hydrogen (secondary N) is 1. The van der Waals surface area contributed by atoms with Crippen LogP contribution >= 0.6 is 34.2 Å². The van der Waals surface area contributed by atoms with Gasteiger partial charge < -0.3 is 10.1 Å². The zero-order valence-electron chi connectivity index (χ0n) is 10.8. The predicted octanol–water partition coefficient (Wildman–Crippen LogP) is 4.87. The van der Waals surface area contributed by atoms with E-state index < -0.39 is 0 Å².